The van der Waals surface area contributed by atoms with Crippen molar-refractivity contribution < 1.29 is 39.6 Å². The topological polar surface area (TPSA) is 212 Å². The number of aromatic amines is 4. The number of H-pyrrole nitrogens is 4. The summed E-state index contributed by atoms with van der Waals surface area (Å²) in [6.45, 7) is 0. The number of nitrogens with one attached hydrogen (secondary N) is 4. The van der Waals surface area contributed by atoms with Gasteiger partial charge in [-0.25, -0.2) is 19.2 Å². The molecule has 12 nitrogen and oxygen atoms in total. The first kappa shape index (κ1) is 22.3. The molecule has 1 aliphatic heterocycles. The third kappa shape index (κ3) is 3.49. The van der Waals surface area contributed by atoms with Crippen LogP contribution in [0.5, 0.6) is 0 Å². The third-order valence-electron chi connectivity index (χ3n) is 5.75. The van der Waals surface area contributed by atoms with Crippen molar-refractivity contribution in [1.29, 1.82) is 0 Å². The monoisotopic (exact) mass is 488 g/mol. The van der Waals surface area contributed by atoms with Crippen molar-refractivity contribution in [2.24, 2.45) is 0 Å². The van der Waals surface area contributed by atoms with Gasteiger partial charge in [-0.1, -0.05) is 0 Å². The van der Waals surface area contributed by atoms with Crippen molar-refractivity contribution in [3.05, 3.63) is 92.7 Å². The van der Waals surface area contributed by atoms with Gasteiger partial charge in [0.25, 0.3) is 0 Å². The van der Waals surface area contributed by atoms with Crippen LogP contribution in [0.3, 0.4) is 0 Å². The van der Waals surface area contributed by atoms with Gasteiger partial charge in [-0.2, -0.15) is 0 Å². The number of carboxylic acids is 4. The van der Waals surface area contributed by atoms with E-state index in [1.165, 1.54) is 48.5 Å². The first-order valence-electron chi connectivity index (χ1n) is 10.4. The minimum atomic E-state index is -1.34. The molecule has 0 aliphatic carbocycles. The van der Waals surface area contributed by atoms with E-state index < -0.39 is 23.9 Å². The summed E-state index contributed by atoms with van der Waals surface area (Å²) in [6.07, 6.45) is 0. The van der Waals surface area contributed by atoms with Gasteiger partial charge in [0.1, 0.15) is 22.3 Å². The molecule has 36 heavy (non-hydrogen) atoms. The highest BCUT2D eigenvalue weighted by molar-refractivity contribution is 6.18. The van der Waals surface area contributed by atoms with Crippen molar-refractivity contribution in [3.63, 3.8) is 0 Å². The molecule has 0 saturated heterocycles. The lowest BCUT2D eigenvalue weighted by Crippen LogP contribution is -2.23. The SMILES string of the molecule is O=C(O)C1=c2ccc([nH]2)=C(C(=O)O)c2ccc([nH]2)C(C(=O)O)=c2ccc([nH]2)=C(C(=O)O)c2ccc1[nH]2. The van der Waals surface area contributed by atoms with Crippen LogP contribution in [0, 0.1) is 0 Å². The Hall–Kier alpha value is -5.52. The van der Waals surface area contributed by atoms with Crippen molar-refractivity contribution in [2.45, 2.75) is 0 Å². The van der Waals surface area contributed by atoms with E-state index >= 15 is 0 Å². The summed E-state index contributed by atoms with van der Waals surface area (Å²) in [7, 11) is 0. The van der Waals surface area contributed by atoms with Gasteiger partial charge in [0, 0.05) is 0 Å². The zero-order chi connectivity index (χ0) is 25.7. The minimum absolute atomic E-state index is 0.0698. The predicted octanol–water partition coefficient (Wildman–Crippen LogP) is -1.55. The largest absolute Gasteiger partial charge is 0.478 e. The van der Waals surface area contributed by atoms with Crippen molar-refractivity contribution in [3.8, 4) is 0 Å². The molecular formula is C24H16N4O8. The summed E-state index contributed by atoms with van der Waals surface area (Å²) in [5.41, 5.74) is -0.684. The molecule has 1 aliphatic rings. The summed E-state index contributed by atoms with van der Waals surface area (Å²) in [4.78, 5) is 59.8. The van der Waals surface area contributed by atoms with Crippen molar-refractivity contribution in [1.82, 2.24) is 19.9 Å². The van der Waals surface area contributed by atoms with Gasteiger partial charge >= 0.3 is 23.9 Å². The molecule has 0 fully saturated rings. The molecule has 0 aromatic carbocycles. The summed E-state index contributed by atoms with van der Waals surface area (Å²) >= 11 is 0. The lowest BCUT2D eigenvalue weighted by Gasteiger charge is -2.02. The van der Waals surface area contributed by atoms with Crippen molar-refractivity contribution in [2.75, 3.05) is 0 Å². The third-order valence-corrected chi connectivity index (χ3v) is 5.75. The molecular weight excluding hydrogens is 472 g/mol. The maximum absolute atomic E-state index is 12.1. The summed E-state index contributed by atoms with van der Waals surface area (Å²) in [5, 5.41) is 39.9. The lowest BCUT2D eigenvalue weighted by atomic mass is 10.2. The average molecular weight is 488 g/mol. The fraction of sp³-hybridized carbons (Fsp3) is 0. The van der Waals surface area contributed by atoms with Crippen LogP contribution in [0.4, 0.5) is 0 Å². The molecule has 0 saturated carbocycles. The van der Waals surface area contributed by atoms with Crippen LogP contribution in [0.1, 0.15) is 22.8 Å². The van der Waals surface area contributed by atoms with E-state index in [0.29, 0.717) is 0 Å². The Morgan fingerprint density at radius 2 is 0.611 bits per heavy atom. The van der Waals surface area contributed by atoms with Gasteiger partial charge in [0.05, 0.1) is 44.2 Å². The second-order valence-electron chi connectivity index (χ2n) is 7.86. The zero-order valence-electron chi connectivity index (χ0n) is 18.0. The van der Waals surface area contributed by atoms with Gasteiger partial charge in [-0.05, 0) is 48.5 Å². The van der Waals surface area contributed by atoms with E-state index in [1.54, 1.807) is 0 Å². The molecule has 4 aromatic rings. The van der Waals surface area contributed by atoms with E-state index in [1.807, 2.05) is 0 Å². The number of fused-ring (bicyclic) bond motifs is 8. The zero-order valence-corrected chi connectivity index (χ0v) is 18.0. The predicted molar refractivity (Wildman–Crippen MR) is 122 cm³/mol. The molecule has 8 bridgehead atoms. The normalized spacial score (nSPS) is 13.1. The number of aliphatic carboxylic acids is 4. The van der Waals surface area contributed by atoms with Crippen LogP contribution < -0.4 is 21.4 Å². The Kier molecular flexibility index (Phi) is 4.99. The molecule has 12 heteroatoms. The van der Waals surface area contributed by atoms with Gasteiger partial charge in [0.2, 0.25) is 0 Å². The highest BCUT2D eigenvalue weighted by Crippen LogP contribution is 2.18. The van der Waals surface area contributed by atoms with E-state index in [-0.39, 0.29) is 66.5 Å². The minimum Gasteiger partial charge on any atom is -0.478 e. The Balaban J connectivity index is 2.00. The van der Waals surface area contributed by atoms with Gasteiger partial charge in [-0.15, -0.1) is 0 Å². The quantitative estimate of drug-likeness (QED) is 0.168. The second kappa shape index (κ2) is 8.06. The van der Waals surface area contributed by atoms with Gasteiger partial charge < -0.3 is 40.4 Å². The van der Waals surface area contributed by atoms with Crippen LogP contribution >= 0.6 is 0 Å². The molecule has 0 radical (unpaired) electrons. The smallest absolute Gasteiger partial charge is 0.339 e. The number of carboxylic acid groups (broad SMARTS) is 4. The molecule has 0 spiro atoms. The van der Waals surface area contributed by atoms with Crippen LogP contribution in [0.2, 0.25) is 0 Å². The Morgan fingerprint density at radius 3 is 0.806 bits per heavy atom. The highest BCUT2D eigenvalue weighted by Gasteiger charge is 2.22. The van der Waals surface area contributed by atoms with Crippen LogP contribution in [0.25, 0.3) is 22.3 Å². The lowest BCUT2D eigenvalue weighted by molar-refractivity contribution is -0.131. The number of aromatic nitrogens is 4. The Morgan fingerprint density at radius 1 is 0.389 bits per heavy atom. The number of carbonyl (C=O) groups is 4. The van der Waals surface area contributed by atoms with E-state index in [4.69, 9.17) is 0 Å². The first-order chi connectivity index (χ1) is 17.2. The molecule has 180 valence electrons. The fourth-order valence-electron chi connectivity index (χ4n) is 4.25. The van der Waals surface area contributed by atoms with Crippen LogP contribution in [-0.4, -0.2) is 64.2 Å². The highest BCUT2D eigenvalue weighted by atomic mass is 16.4. The maximum atomic E-state index is 12.1. The van der Waals surface area contributed by atoms with E-state index in [9.17, 15) is 39.6 Å². The van der Waals surface area contributed by atoms with Gasteiger partial charge in [0.15, 0.2) is 0 Å². The molecule has 0 unspecified atom stereocenters. The molecule has 0 atom stereocenters. The van der Waals surface area contributed by atoms with Crippen LogP contribution in [0.15, 0.2) is 48.5 Å². The van der Waals surface area contributed by atoms with Crippen molar-refractivity contribution >= 4 is 46.2 Å². The Labute approximate surface area is 198 Å². The molecule has 4 aromatic heterocycles. The van der Waals surface area contributed by atoms with E-state index in [2.05, 4.69) is 19.9 Å². The number of hydrogen-bond acceptors (Lipinski definition) is 4. The molecule has 5 rings (SSSR count). The maximum Gasteiger partial charge on any atom is 0.339 e. The summed E-state index contributed by atoms with van der Waals surface area (Å²) in [6, 6.07) is 11.1. The molecule has 8 N–H and O–H groups in total. The summed E-state index contributed by atoms with van der Waals surface area (Å²) in [5.74, 6) is -5.35. The number of rotatable bonds is 4. The Bertz CT molecular complexity index is 1600. The number of hydrogen-bond donors (Lipinski definition) is 8. The molecule has 0 amide bonds. The van der Waals surface area contributed by atoms with E-state index in [0.717, 1.165) is 0 Å². The molecule has 5 heterocycles. The fourth-order valence-corrected chi connectivity index (χ4v) is 4.25. The average Bonchev–Trinajstić information content (AvgIpc) is 3.57. The second-order valence-corrected chi connectivity index (χ2v) is 7.86. The summed E-state index contributed by atoms with van der Waals surface area (Å²) < 4.78 is 0. The van der Waals surface area contributed by atoms with Gasteiger partial charge in [-0.3, -0.25) is 0 Å². The standard InChI is InChI=1S/C24H16N4O8/c29-21(30)17-9-1-2-10(25-9)18(22(31)32)12-5-6-14(27-12)20(24(35)36)16-8-7-15(28-16)19(23(33)34)13-4-3-11(17)26-13/h1-8,25-28H,(H,29,30)(H,31,32)(H,33,34)(H,35,36). The van der Waals surface area contributed by atoms with Crippen LogP contribution in [-0.2, 0) is 19.2 Å². The first-order valence-corrected chi connectivity index (χ1v) is 10.4.